The van der Waals surface area contributed by atoms with Crippen LogP contribution in [0.1, 0.15) is 18.1 Å². The summed E-state index contributed by atoms with van der Waals surface area (Å²) in [6.07, 6.45) is 0. The predicted octanol–water partition coefficient (Wildman–Crippen LogP) is 3.51. The molecule has 0 aliphatic rings. The molecule has 0 saturated heterocycles. The zero-order valence-corrected chi connectivity index (χ0v) is 17.7. The van der Waals surface area contributed by atoms with E-state index in [0.29, 0.717) is 32.9 Å². The Morgan fingerprint density at radius 2 is 1.52 bits per heavy atom. The average Bonchev–Trinajstić information content (AvgIpc) is 2.82. The number of carbonyl (C=O) groups is 1. The van der Waals surface area contributed by atoms with Gasteiger partial charge in [0.15, 0.2) is 10.8 Å². The molecule has 4 rings (SSSR count). The molecule has 1 heterocycles. The zero-order chi connectivity index (χ0) is 21.8. The van der Waals surface area contributed by atoms with Gasteiger partial charge in [-0.2, -0.15) is 4.68 Å². The van der Waals surface area contributed by atoms with Crippen molar-refractivity contribution in [2.75, 3.05) is 11.2 Å². The largest absolute Gasteiger partial charge is 0.372 e. The van der Waals surface area contributed by atoms with Crippen molar-refractivity contribution in [2.24, 2.45) is 0 Å². The van der Waals surface area contributed by atoms with Crippen LogP contribution in [0.2, 0.25) is 0 Å². The molecule has 0 fully saturated rings. The van der Waals surface area contributed by atoms with Crippen LogP contribution in [0.25, 0.3) is 10.9 Å². The van der Waals surface area contributed by atoms with E-state index in [0.717, 1.165) is 4.68 Å². The van der Waals surface area contributed by atoms with Crippen LogP contribution in [-0.2, 0) is 10.4 Å². The molecular formula is C24H21N3O3S. The lowest BCUT2D eigenvalue weighted by molar-refractivity contribution is -0.132. The molecule has 6 nitrogen and oxygen atoms in total. The van der Waals surface area contributed by atoms with Crippen LogP contribution in [0.3, 0.4) is 0 Å². The fraction of sp³-hybridized carbons (Fsp3) is 0.125. The van der Waals surface area contributed by atoms with Gasteiger partial charge in [-0.1, -0.05) is 91.5 Å². The SMILES string of the molecule is CCSc1nc2ccccc2c(=O)n1NC(=O)C(O)(c1ccccc1)c1ccccc1. The monoisotopic (exact) mass is 431 g/mol. The third-order valence-corrected chi connectivity index (χ3v) is 5.76. The van der Waals surface area contributed by atoms with Gasteiger partial charge in [-0.05, 0) is 29.0 Å². The Kier molecular flexibility index (Phi) is 5.88. The van der Waals surface area contributed by atoms with E-state index in [1.807, 2.05) is 13.0 Å². The molecule has 0 radical (unpaired) electrons. The zero-order valence-electron chi connectivity index (χ0n) is 16.9. The van der Waals surface area contributed by atoms with Gasteiger partial charge < -0.3 is 5.11 Å². The molecular weight excluding hydrogens is 410 g/mol. The van der Waals surface area contributed by atoms with Crippen LogP contribution in [-0.4, -0.2) is 26.4 Å². The molecule has 0 aliphatic carbocycles. The molecule has 0 aliphatic heterocycles. The van der Waals surface area contributed by atoms with Gasteiger partial charge >= 0.3 is 0 Å². The summed E-state index contributed by atoms with van der Waals surface area (Å²) in [5, 5.41) is 12.4. The van der Waals surface area contributed by atoms with Crippen LogP contribution in [0, 0.1) is 0 Å². The van der Waals surface area contributed by atoms with E-state index in [-0.39, 0.29) is 0 Å². The van der Waals surface area contributed by atoms with Crippen molar-refractivity contribution in [2.45, 2.75) is 17.7 Å². The van der Waals surface area contributed by atoms with Crippen molar-refractivity contribution in [1.82, 2.24) is 9.66 Å². The predicted molar refractivity (Wildman–Crippen MR) is 123 cm³/mol. The lowest BCUT2D eigenvalue weighted by atomic mass is 9.85. The molecule has 1 aromatic heterocycles. The van der Waals surface area contributed by atoms with Crippen LogP contribution in [0.4, 0.5) is 0 Å². The van der Waals surface area contributed by atoms with Crippen molar-refractivity contribution < 1.29 is 9.90 Å². The molecule has 4 aromatic rings. The summed E-state index contributed by atoms with van der Waals surface area (Å²) in [4.78, 5) is 31.2. The molecule has 3 aromatic carbocycles. The summed E-state index contributed by atoms with van der Waals surface area (Å²) in [7, 11) is 0. The second-order valence-corrected chi connectivity index (χ2v) is 8.10. The highest BCUT2D eigenvalue weighted by molar-refractivity contribution is 7.99. The molecule has 0 unspecified atom stereocenters. The van der Waals surface area contributed by atoms with Crippen molar-refractivity contribution in [3.63, 3.8) is 0 Å². The standard InChI is InChI=1S/C24H21N3O3S/c1-2-31-23-25-20-16-10-9-15-19(20)21(28)27(23)26-22(29)24(30,17-11-5-3-6-12-17)18-13-7-4-8-14-18/h3-16,30H,2H2,1H3,(H,26,29). The summed E-state index contributed by atoms with van der Waals surface area (Å²) >= 11 is 1.33. The number of benzene rings is 3. The van der Waals surface area contributed by atoms with E-state index in [1.54, 1.807) is 78.9 Å². The Balaban J connectivity index is 1.85. The topological polar surface area (TPSA) is 84.2 Å². The third-order valence-electron chi connectivity index (χ3n) is 4.94. The number of amides is 1. The highest BCUT2D eigenvalue weighted by atomic mass is 32.2. The van der Waals surface area contributed by atoms with Crippen LogP contribution in [0.5, 0.6) is 0 Å². The number of fused-ring (bicyclic) bond motifs is 1. The maximum atomic E-state index is 13.5. The summed E-state index contributed by atoms with van der Waals surface area (Å²) in [5.41, 5.74) is 1.56. The van der Waals surface area contributed by atoms with Crippen molar-refractivity contribution in [1.29, 1.82) is 0 Å². The first kappa shape index (κ1) is 20.8. The Morgan fingerprint density at radius 1 is 0.968 bits per heavy atom. The van der Waals surface area contributed by atoms with Crippen LogP contribution < -0.4 is 11.0 Å². The number of hydrogen-bond donors (Lipinski definition) is 2. The number of nitrogens with zero attached hydrogens (tertiary/aromatic N) is 2. The van der Waals surface area contributed by atoms with Gasteiger partial charge in [0.2, 0.25) is 0 Å². The van der Waals surface area contributed by atoms with Crippen molar-refractivity contribution >= 4 is 28.6 Å². The molecule has 156 valence electrons. The smallest absolute Gasteiger partial charge is 0.281 e. The Bertz CT molecular complexity index is 1230. The number of carbonyl (C=O) groups excluding carboxylic acids is 1. The average molecular weight is 432 g/mol. The molecule has 0 spiro atoms. The first-order chi connectivity index (χ1) is 15.1. The van der Waals surface area contributed by atoms with Gasteiger partial charge in [0.05, 0.1) is 10.9 Å². The van der Waals surface area contributed by atoms with Gasteiger partial charge in [0.25, 0.3) is 11.5 Å². The number of para-hydroxylation sites is 1. The van der Waals surface area contributed by atoms with E-state index in [4.69, 9.17) is 0 Å². The first-order valence-corrected chi connectivity index (χ1v) is 10.8. The van der Waals surface area contributed by atoms with Gasteiger partial charge in [-0.25, -0.2) is 4.98 Å². The van der Waals surface area contributed by atoms with Crippen molar-refractivity contribution in [3.8, 4) is 0 Å². The lowest BCUT2D eigenvalue weighted by Gasteiger charge is -2.28. The van der Waals surface area contributed by atoms with Gasteiger partial charge in [-0.15, -0.1) is 0 Å². The van der Waals surface area contributed by atoms with E-state index in [2.05, 4.69) is 10.4 Å². The maximum Gasteiger partial charge on any atom is 0.281 e. The summed E-state index contributed by atoms with van der Waals surface area (Å²) in [6.45, 7) is 1.93. The highest BCUT2D eigenvalue weighted by Gasteiger charge is 2.40. The van der Waals surface area contributed by atoms with Gasteiger partial charge in [0, 0.05) is 0 Å². The Labute approximate surface area is 183 Å². The number of aliphatic hydroxyl groups is 1. The highest BCUT2D eigenvalue weighted by Crippen LogP contribution is 2.30. The maximum absolute atomic E-state index is 13.5. The number of aromatic nitrogens is 2. The third kappa shape index (κ3) is 3.85. The van der Waals surface area contributed by atoms with Gasteiger partial charge in [-0.3, -0.25) is 15.0 Å². The minimum Gasteiger partial charge on any atom is -0.372 e. The normalized spacial score (nSPS) is 11.4. The number of thioether (sulfide) groups is 1. The minimum absolute atomic E-state index is 0.350. The quantitative estimate of drug-likeness (QED) is 0.361. The van der Waals surface area contributed by atoms with Gasteiger partial charge in [0.1, 0.15) is 0 Å². The first-order valence-electron chi connectivity index (χ1n) is 9.85. The van der Waals surface area contributed by atoms with E-state index >= 15 is 0 Å². The van der Waals surface area contributed by atoms with Crippen LogP contribution >= 0.6 is 11.8 Å². The molecule has 0 atom stereocenters. The number of hydrogen-bond acceptors (Lipinski definition) is 5. The molecule has 7 heteroatoms. The minimum atomic E-state index is -2.00. The molecule has 1 amide bonds. The van der Waals surface area contributed by atoms with Crippen LogP contribution in [0.15, 0.2) is 94.9 Å². The number of rotatable bonds is 6. The fourth-order valence-corrected chi connectivity index (χ4v) is 4.09. The van der Waals surface area contributed by atoms with E-state index in [1.165, 1.54) is 11.8 Å². The van der Waals surface area contributed by atoms with Crippen molar-refractivity contribution in [3.05, 3.63) is 106 Å². The summed E-state index contributed by atoms with van der Waals surface area (Å²) in [5.74, 6) is -0.0931. The molecule has 0 bridgehead atoms. The fourth-order valence-electron chi connectivity index (χ4n) is 3.41. The summed E-state index contributed by atoms with van der Waals surface area (Å²) in [6, 6.07) is 24.3. The molecule has 31 heavy (non-hydrogen) atoms. The molecule has 0 saturated carbocycles. The van der Waals surface area contributed by atoms with E-state index < -0.39 is 17.1 Å². The van der Waals surface area contributed by atoms with E-state index in [9.17, 15) is 14.7 Å². The lowest BCUT2D eigenvalue weighted by Crippen LogP contribution is -2.47. The molecule has 2 N–H and O–H groups in total. The number of nitrogens with one attached hydrogen (secondary N) is 1. The Morgan fingerprint density at radius 3 is 2.10 bits per heavy atom. The summed E-state index contributed by atoms with van der Waals surface area (Å²) < 4.78 is 1.12. The second-order valence-electron chi connectivity index (χ2n) is 6.87. The second kappa shape index (κ2) is 8.75. The Hall–Kier alpha value is -3.42.